The molecule has 6 heteroatoms. The summed E-state index contributed by atoms with van der Waals surface area (Å²) in [5.41, 5.74) is 1.37. The van der Waals surface area contributed by atoms with Gasteiger partial charge in [-0.3, -0.25) is 9.78 Å². The van der Waals surface area contributed by atoms with Gasteiger partial charge in [0.15, 0.2) is 0 Å². The Bertz CT molecular complexity index is 645. The molecule has 0 aliphatic carbocycles. The maximum absolute atomic E-state index is 12.0. The lowest BCUT2D eigenvalue weighted by atomic mass is 10.2. The topological polar surface area (TPSA) is 67.4 Å². The summed E-state index contributed by atoms with van der Waals surface area (Å²) in [6.45, 7) is 4.93. The highest BCUT2D eigenvalue weighted by atomic mass is 16.5. The molecule has 2 aromatic heterocycles. The molecule has 1 saturated heterocycles. The summed E-state index contributed by atoms with van der Waals surface area (Å²) in [4.78, 5) is 22.7. The molecule has 0 bridgehead atoms. The lowest BCUT2D eigenvalue weighted by molar-refractivity contribution is 0.0529. The van der Waals surface area contributed by atoms with Crippen molar-refractivity contribution in [1.82, 2.24) is 15.3 Å². The maximum atomic E-state index is 12.0. The molecule has 1 atom stereocenters. The summed E-state index contributed by atoms with van der Waals surface area (Å²) in [6.07, 6.45) is 3.63. The van der Waals surface area contributed by atoms with E-state index in [-0.39, 0.29) is 12.0 Å². The zero-order valence-electron chi connectivity index (χ0n) is 13.1. The van der Waals surface area contributed by atoms with Crippen molar-refractivity contribution in [3.63, 3.8) is 0 Å². The number of hydrogen-bond donors (Lipinski definition) is 1. The van der Waals surface area contributed by atoms with Gasteiger partial charge in [0.1, 0.15) is 11.5 Å². The van der Waals surface area contributed by atoms with Gasteiger partial charge < -0.3 is 15.0 Å². The van der Waals surface area contributed by atoms with Gasteiger partial charge in [0.2, 0.25) is 0 Å². The second-order valence-corrected chi connectivity index (χ2v) is 5.55. The second-order valence-electron chi connectivity index (χ2n) is 5.55. The van der Waals surface area contributed by atoms with E-state index >= 15 is 0 Å². The summed E-state index contributed by atoms with van der Waals surface area (Å²) >= 11 is 0. The highest BCUT2D eigenvalue weighted by molar-refractivity contribution is 5.92. The molecule has 1 N–H and O–H groups in total. The Morgan fingerprint density at radius 3 is 2.96 bits per heavy atom. The van der Waals surface area contributed by atoms with Crippen molar-refractivity contribution in [2.75, 3.05) is 24.6 Å². The predicted octanol–water partition coefficient (Wildman–Crippen LogP) is 1.63. The van der Waals surface area contributed by atoms with Crippen LogP contribution in [-0.4, -0.2) is 41.7 Å². The number of carbonyl (C=O) groups excluding carboxylic acids is 1. The van der Waals surface area contributed by atoms with Crippen LogP contribution in [0, 0.1) is 0 Å². The molecular formula is C17H20N4O2. The first-order valence-corrected chi connectivity index (χ1v) is 7.73. The summed E-state index contributed by atoms with van der Waals surface area (Å²) in [6, 6.07) is 9.24. The number of morpholine rings is 1. The number of hydrogen-bond acceptors (Lipinski definition) is 5. The maximum Gasteiger partial charge on any atom is 0.270 e. The summed E-state index contributed by atoms with van der Waals surface area (Å²) in [5, 5.41) is 2.85. The van der Waals surface area contributed by atoms with Gasteiger partial charge in [0.25, 0.3) is 5.91 Å². The molecule has 0 unspecified atom stereocenters. The standard InChI is InChI=1S/C17H20N4O2/c1-13-12-21(8-9-23-13)16-6-5-14(10-19-16)11-20-17(22)15-4-2-3-7-18-15/h2-7,10,13H,8-9,11-12H2,1H3,(H,20,22)/t13-/m0/s1. The highest BCUT2D eigenvalue weighted by Gasteiger charge is 2.17. The molecule has 120 valence electrons. The molecule has 0 radical (unpaired) electrons. The van der Waals surface area contributed by atoms with Crippen molar-refractivity contribution in [3.8, 4) is 0 Å². The molecule has 3 heterocycles. The Balaban J connectivity index is 1.56. The van der Waals surface area contributed by atoms with E-state index in [0.717, 1.165) is 31.1 Å². The Labute approximate surface area is 135 Å². The number of carbonyl (C=O) groups is 1. The van der Waals surface area contributed by atoms with E-state index in [1.165, 1.54) is 0 Å². The van der Waals surface area contributed by atoms with E-state index in [0.29, 0.717) is 12.2 Å². The third kappa shape index (κ3) is 4.04. The molecule has 1 fully saturated rings. The first-order valence-electron chi connectivity index (χ1n) is 7.73. The summed E-state index contributed by atoms with van der Waals surface area (Å²) in [5.74, 6) is 0.761. The summed E-state index contributed by atoms with van der Waals surface area (Å²) < 4.78 is 5.54. The Morgan fingerprint density at radius 2 is 2.26 bits per heavy atom. The van der Waals surface area contributed by atoms with Crippen LogP contribution in [-0.2, 0) is 11.3 Å². The zero-order chi connectivity index (χ0) is 16.1. The lowest BCUT2D eigenvalue weighted by Gasteiger charge is -2.32. The molecule has 23 heavy (non-hydrogen) atoms. The quantitative estimate of drug-likeness (QED) is 0.929. The molecule has 0 saturated carbocycles. The fourth-order valence-electron chi connectivity index (χ4n) is 2.50. The smallest absolute Gasteiger partial charge is 0.270 e. The van der Waals surface area contributed by atoms with E-state index in [1.807, 2.05) is 12.1 Å². The van der Waals surface area contributed by atoms with Crippen LogP contribution >= 0.6 is 0 Å². The molecular weight excluding hydrogens is 292 g/mol. The van der Waals surface area contributed by atoms with Gasteiger partial charge in [-0.25, -0.2) is 4.98 Å². The van der Waals surface area contributed by atoms with Crippen LogP contribution in [0.15, 0.2) is 42.7 Å². The summed E-state index contributed by atoms with van der Waals surface area (Å²) in [7, 11) is 0. The molecule has 1 aliphatic heterocycles. The average Bonchev–Trinajstić information content (AvgIpc) is 2.61. The van der Waals surface area contributed by atoms with Gasteiger partial charge in [-0.05, 0) is 30.7 Å². The minimum atomic E-state index is -0.184. The van der Waals surface area contributed by atoms with E-state index in [1.54, 1.807) is 30.6 Å². The molecule has 1 aliphatic rings. The van der Waals surface area contributed by atoms with Crippen LogP contribution in [0.1, 0.15) is 23.0 Å². The Morgan fingerprint density at radius 1 is 1.35 bits per heavy atom. The Kier molecular flexibility index (Phi) is 4.83. The number of ether oxygens (including phenoxy) is 1. The van der Waals surface area contributed by atoms with Crippen molar-refractivity contribution in [1.29, 1.82) is 0 Å². The van der Waals surface area contributed by atoms with Gasteiger partial charge in [-0.15, -0.1) is 0 Å². The predicted molar refractivity (Wildman–Crippen MR) is 87.3 cm³/mol. The van der Waals surface area contributed by atoms with Crippen molar-refractivity contribution in [2.24, 2.45) is 0 Å². The SMILES string of the molecule is C[C@H]1CN(c2ccc(CNC(=O)c3ccccn3)cn2)CCO1. The van der Waals surface area contributed by atoms with Crippen molar-refractivity contribution < 1.29 is 9.53 Å². The Hall–Kier alpha value is -2.47. The van der Waals surface area contributed by atoms with Crippen molar-refractivity contribution in [2.45, 2.75) is 19.6 Å². The lowest BCUT2D eigenvalue weighted by Crippen LogP contribution is -2.41. The van der Waals surface area contributed by atoms with Crippen LogP contribution in [0.25, 0.3) is 0 Å². The second kappa shape index (κ2) is 7.19. The van der Waals surface area contributed by atoms with Crippen LogP contribution in [0.5, 0.6) is 0 Å². The number of aromatic nitrogens is 2. The normalized spacial score (nSPS) is 17.8. The fraction of sp³-hybridized carbons (Fsp3) is 0.353. The number of amides is 1. The number of nitrogens with one attached hydrogen (secondary N) is 1. The monoisotopic (exact) mass is 312 g/mol. The van der Waals surface area contributed by atoms with Gasteiger partial charge in [0.05, 0.1) is 12.7 Å². The minimum absolute atomic E-state index is 0.184. The minimum Gasteiger partial charge on any atom is -0.375 e. The molecule has 1 amide bonds. The van der Waals surface area contributed by atoms with Crippen LogP contribution in [0.2, 0.25) is 0 Å². The first-order chi connectivity index (χ1) is 11.2. The number of anilines is 1. The fourth-order valence-corrected chi connectivity index (χ4v) is 2.50. The molecule has 2 aromatic rings. The van der Waals surface area contributed by atoms with Crippen LogP contribution in [0.3, 0.4) is 0 Å². The zero-order valence-corrected chi connectivity index (χ0v) is 13.1. The number of pyridine rings is 2. The molecule has 0 aromatic carbocycles. The van der Waals surface area contributed by atoms with E-state index in [9.17, 15) is 4.79 Å². The number of rotatable bonds is 4. The first kappa shape index (κ1) is 15.4. The molecule has 6 nitrogen and oxygen atoms in total. The third-order valence-electron chi connectivity index (χ3n) is 3.72. The van der Waals surface area contributed by atoms with Crippen molar-refractivity contribution in [3.05, 3.63) is 54.0 Å². The van der Waals surface area contributed by atoms with Gasteiger partial charge >= 0.3 is 0 Å². The molecule has 0 spiro atoms. The van der Waals surface area contributed by atoms with Gasteiger partial charge in [-0.2, -0.15) is 0 Å². The largest absolute Gasteiger partial charge is 0.375 e. The third-order valence-corrected chi connectivity index (χ3v) is 3.72. The van der Waals surface area contributed by atoms with Gasteiger partial charge in [-0.1, -0.05) is 12.1 Å². The highest BCUT2D eigenvalue weighted by Crippen LogP contribution is 2.15. The average molecular weight is 312 g/mol. The van der Waals surface area contributed by atoms with Crippen LogP contribution in [0.4, 0.5) is 5.82 Å². The van der Waals surface area contributed by atoms with Crippen molar-refractivity contribution >= 4 is 11.7 Å². The number of nitrogens with zero attached hydrogens (tertiary/aromatic N) is 3. The van der Waals surface area contributed by atoms with E-state index in [2.05, 4.69) is 27.1 Å². The van der Waals surface area contributed by atoms with E-state index < -0.39 is 0 Å². The van der Waals surface area contributed by atoms with E-state index in [4.69, 9.17) is 4.74 Å². The van der Waals surface area contributed by atoms with Gasteiger partial charge in [0, 0.05) is 32.0 Å². The van der Waals surface area contributed by atoms with Crippen LogP contribution < -0.4 is 10.2 Å². The molecule has 3 rings (SSSR count).